The van der Waals surface area contributed by atoms with Crippen LogP contribution in [0.5, 0.6) is 0 Å². The van der Waals surface area contributed by atoms with Crippen LogP contribution in [-0.4, -0.2) is 33.5 Å². The Balaban J connectivity index is 1.68. The van der Waals surface area contributed by atoms with Gasteiger partial charge in [0.15, 0.2) is 0 Å². The topological polar surface area (TPSA) is 66.3 Å². The first-order chi connectivity index (χ1) is 10.6. The number of rotatable bonds is 4. The van der Waals surface area contributed by atoms with Crippen LogP contribution in [0.4, 0.5) is 5.13 Å². The molecule has 0 bridgehead atoms. The largest absolute Gasteiger partial charge is 0.481 e. The first-order valence-electron chi connectivity index (χ1n) is 7.16. The Labute approximate surface area is 137 Å². The van der Waals surface area contributed by atoms with Crippen LogP contribution >= 0.6 is 23.1 Å². The Bertz CT molecular complexity index is 659. The maximum atomic E-state index is 11.1. The van der Waals surface area contributed by atoms with Gasteiger partial charge in [0.1, 0.15) is 5.82 Å². The zero-order chi connectivity index (χ0) is 15.5. The van der Waals surface area contributed by atoms with Crippen LogP contribution in [-0.2, 0) is 11.2 Å². The Morgan fingerprint density at radius 2 is 2.18 bits per heavy atom. The maximum Gasteiger partial charge on any atom is 0.308 e. The standard InChI is InChI=1S/C15H16ClN3O2S/c16-12-5-3-10(4-6-12)8-13-17-15(22-18-13)19-7-1-2-11(9-19)14(20)21/h3-6,11H,1-2,7-9H2,(H,20,21). The predicted molar refractivity (Wildman–Crippen MR) is 86.7 cm³/mol. The van der Waals surface area contributed by atoms with Gasteiger partial charge in [0.05, 0.1) is 5.92 Å². The summed E-state index contributed by atoms with van der Waals surface area (Å²) in [6.07, 6.45) is 2.27. The number of piperidine rings is 1. The second-order valence-electron chi connectivity index (χ2n) is 5.42. The number of carbonyl (C=O) groups is 1. The number of anilines is 1. The van der Waals surface area contributed by atoms with Crippen LogP contribution in [0.1, 0.15) is 24.2 Å². The summed E-state index contributed by atoms with van der Waals surface area (Å²) in [4.78, 5) is 17.7. The lowest BCUT2D eigenvalue weighted by Crippen LogP contribution is -2.38. The van der Waals surface area contributed by atoms with Crippen LogP contribution in [0.15, 0.2) is 24.3 Å². The maximum absolute atomic E-state index is 11.1. The van der Waals surface area contributed by atoms with E-state index in [1.54, 1.807) is 0 Å². The number of carboxylic acids is 1. The molecule has 1 atom stereocenters. The fourth-order valence-electron chi connectivity index (χ4n) is 2.58. The Kier molecular flexibility index (Phi) is 4.59. The predicted octanol–water partition coefficient (Wildman–Crippen LogP) is 3.08. The van der Waals surface area contributed by atoms with Gasteiger partial charge in [-0.1, -0.05) is 23.7 Å². The number of aromatic nitrogens is 2. The van der Waals surface area contributed by atoms with Crippen LogP contribution in [0.3, 0.4) is 0 Å². The third kappa shape index (κ3) is 3.56. The fourth-order valence-corrected chi connectivity index (χ4v) is 3.43. The van der Waals surface area contributed by atoms with Gasteiger partial charge in [-0.05, 0) is 30.5 Å². The Morgan fingerprint density at radius 1 is 1.41 bits per heavy atom. The number of halogens is 1. The molecule has 1 unspecified atom stereocenters. The molecule has 116 valence electrons. The molecular formula is C15H16ClN3O2S. The summed E-state index contributed by atoms with van der Waals surface area (Å²) in [5.41, 5.74) is 1.11. The zero-order valence-electron chi connectivity index (χ0n) is 11.9. The molecule has 0 amide bonds. The molecule has 0 radical (unpaired) electrons. The molecular weight excluding hydrogens is 322 g/mol. The number of hydrogen-bond donors (Lipinski definition) is 1. The van der Waals surface area contributed by atoms with E-state index < -0.39 is 5.97 Å². The van der Waals surface area contributed by atoms with Crippen molar-refractivity contribution in [2.45, 2.75) is 19.3 Å². The van der Waals surface area contributed by atoms with Crippen LogP contribution in [0, 0.1) is 5.92 Å². The van der Waals surface area contributed by atoms with Crippen LogP contribution < -0.4 is 4.90 Å². The molecule has 1 fully saturated rings. The molecule has 3 rings (SSSR count). The lowest BCUT2D eigenvalue weighted by molar-refractivity contribution is -0.141. The molecule has 0 spiro atoms. The van der Waals surface area contributed by atoms with Gasteiger partial charge in [-0.15, -0.1) is 0 Å². The van der Waals surface area contributed by atoms with E-state index in [0.29, 0.717) is 18.0 Å². The van der Waals surface area contributed by atoms with E-state index in [1.165, 1.54) is 11.5 Å². The highest BCUT2D eigenvalue weighted by molar-refractivity contribution is 7.09. The summed E-state index contributed by atoms with van der Waals surface area (Å²) in [6, 6.07) is 7.63. The second-order valence-corrected chi connectivity index (χ2v) is 6.59. The highest BCUT2D eigenvalue weighted by Gasteiger charge is 2.27. The first kappa shape index (κ1) is 15.2. The van der Waals surface area contributed by atoms with E-state index in [9.17, 15) is 4.79 Å². The minimum Gasteiger partial charge on any atom is -0.481 e. The molecule has 1 aromatic carbocycles. The van der Waals surface area contributed by atoms with Crippen molar-refractivity contribution < 1.29 is 9.90 Å². The van der Waals surface area contributed by atoms with Crippen molar-refractivity contribution in [1.29, 1.82) is 0 Å². The molecule has 7 heteroatoms. The van der Waals surface area contributed by atoms with Crippen LogP contribution in [0.25, 0.3) is 0 Å². The molecule has 22 heavy (non-hydrogen) atoms. The van der Waals surface area contributed by atoms with Crippen molar-refractivity contribution in [1.82, 2.24) is 9.36 Å². The number of hydrogen-bond acceptors (Lipinski definition) is 5. The van der Waals surface area contributed by atoms with Gasteiger partial charge >= 0.3 is 5.97 Å². The van der Waals surface area contributed by atoms with Crippen molar-refractivity contribution >= 4 is 34.2 Å². The third-order valence-electron chi connectivity index (χ3n) is 3.77. The zero-order valence-corrected chi connectivity index (χ0v) is 13.5. The number of nitrogens with zero attached hydrogens (tertiary/aromatic N) is 3. The molecule has 1 aliphatic heterocycles. The highest BCUT2D eigenvalue weighted by Crippen LogP contribution is 2.25. The minimum absolute atomic E-state index is 0.308. The molecule has 0 aliphatic carbocycles. The van der Waals surface area contributed by atoms with Gasteiger partial charge in [0.2, 0.25) is 5.13 Å². The van der Waals surface area contributed by atoms with Gasteiger partial charge in [0.25, 0.3) is 0 Å². The average molecular weight is 338 g/mol. The molecule has 5 nitrogen and oxygen atoms in total. The molecule has 1 aromatic heterocycles. The van der Waals surface area contributed by atoms with Gasteiger partial charge in [-0.25, -0.2) is 4.98 Å². The molecule has 1 saturated heterocycles. The Morgan fingerprint density at radius 3 is 2.91 bits per heavy atom. The minimum atomic E-state index is -0.726. The van der Waals surface area contributed by atoms with Gasteiger partial charge in [-0.3, -0.25) is 4.79 Å². The SMILES string of the molecule is O=C(O)C1CCCN(c2nc(Cc3ccc(Cl)cc3)ns2)C1. The number of benzene rings is 1. The smallest absolute Gasteiger partial charge is 0.308 e. The quantitative estimate of drug-likeness (QED) is 0.928. The summed E-state index contributed by atoms with van der Waals surface area (Å²) in [5, 5.41) is 10.7. The molecule has 2 heterocycles. The monoisotopic (exact) mass is 337 g/mol. The average Bonchev–Trinajstić information content (AvgIpc) is 2.98. The molecule has 0 saturated carbocycles. The first-order valence-corrected chi connectivity index (χ1v) is 8.32. The second kappa shape index (κ2) is 6.62. The van der Waals surface area contributed by atoms with E-state index in [2.05, 4.69) is 9.36 Å². The van der Waals surface area contributed by atoms with E-state index >= 15 is 0 Å². The molecule has 2 aromatic rings. The van der Waals surface area contributed by atoms with Gasteiger partial charge in [-0.2, -0.15) is 4.37 Å². The normalized spacial score (nSPS) is 18.4. The summed E-state index contributed by atoms with van der Waals surface area (Å²) < 4.78 is 4.39. The lowest BCUT2D eigenvalue weighted by Gasteiger charge is -2.29. The van der Waals surface area contributed by atoms with Gasteiger partial charge in [0, 0.05) is 36.1 Å². The van der Waals surface area contributed by atoms with E-state index in [4.69, 9.17) is 16.7 Å². The summed E-state index contributed by atoms with van der Waals surface area (Å²) in [5.74, 6) is -0.271. The van der Waals surface area contributed by atoms with Crippen LogP contribution in [0.2, 0.25) is 5.02 Å². The number of aliphatic carboxylic acids is 1. The molecule has 1 N–H and O–H groups in total. The highest BCUT2D eigenvalue weighted by atomic mass is 35.5. The molecule has 1 aliphatic rings. The van der Waals surface area contributed by atoms with Crippen molar-refractivity contribution in [3.8, 4) is 0 Å². The summed E-state index contributed by atoms with van der Waals surface area (Å²) in [6.45, 7) is 1.37. The van der Waals surface area contributed by atoms with Crippen molar-refractivity contribution in [2.75, 3.05) is 18.0 Å². The lowest BCUT2D eigenvalue weighted by atomic mass is 9.99. The van der Waals surface area contributed by atoms with E-state index in [1.807, 2.05) is 29.2 Å². The summed E-state index contributed by atoms with van der Waals surface area (Å²) in [7, 11) is 0. The van der Waals surface area contributed by atoms with Crippen molar-refractivity contribution in [3.63, 3.8) is 0 Å². The Hall–Kier alpha value is -1.66. The van der Waals surface area contributed by atoms with Crippen molar-refractivity contribution in [3.05, 3.63) is 40.7 Å². The fraction of sp³-hybridized carbons (Fsp3) is 0.400. The van der Waals surface area contributed by atoms with Crippen molar-refractivity contribution in [2.24, 2.45) is 5.92 Å². The third-order valence-corrected chi connectivity index (χ3v) is 4.84. The van der Waals surface area contributed by atoms with E-state index in [0.717, 1.165) is 35.9 Å². The number of carboxylic acid groups (broad SMARTS) is 1. The van der Waals surface area contributed by atoms with Gasteiger partial charge < -0.3 is 10.0 Å². The van der Waals surface area contributed by atoms with E-state index in [-0.39, 0.29) is 5.92 Å². The summed E-state index contributed by atoms with van der Waals surface area (Å²) >= 11 is 7.21.